The van der Waals surface area contributed by atoms with Crippen LogP contribution in [0, 0.1) is 0 Å². The molecule has 0 unspecified atom stereocenters. The Morgan fingerprint density at radius 1 is 1.00 bits per heavy atom. The van der Waals surface area contributed by atoms with Crippen LogP contribution in [-0.4, -0.2) is 31.1 Å². The number of esters is 1. The van der Waals surface area contributed by atoms with E-state index in [1.165, 1.54) is 18.4 Å². The first-order chi connectivity index (χ1) is 17.4. The van der Waals surface area contributed by atoms with Gasteiger partial charge in [0.25, 0.3) is 5.91 Å². The number of hydrogen-bond acceptors (Lipinski definition) is 6. The molecule has 3 aromatic carbocycles. The minimum absolute atomic E-state index is 0.119. The summed E-state index contributed by atoms with van der Waals surface area (Å²) < 4.78 is 10.5. The number of amides is 2. The molecule has 3 aromatic rings. The molecule has 8 nitrogen and oxygen atoms in total. The molecule has 2 amide bonds. The number of hydrazone groups is 1. The third-order valence-corrected chi connectivity index (χ3v) is 5.07. The predicted molar refractivity (Wildman–Crippen MR) is 140 cm³/mol. The van der Waals surface area contributed by atoms with Crippen molar-refractivity contribution in [1.29, 1.82) is 0 Å². The minimum atomic E-state index is -0.595. The molecule has 0 spiro atoms. The molecule has 0 saturated carbocycles. The van der Waals surface area contributed by atoms with E-state index >= 15 is 0 Å². The highest BCUT2D eigenvalue weighted by atomic mass is 35.5. The average Bonchev–Trinajstić information content (AvgIpc) is 2.89. The quantitative estimate of drug-likeness (QED) is 0.139. The van der Waals surface area contributed by atoms with E-state index < -0.39 is 11.9 Å². The number of benzene rings is 3. The second-order valence-electron chi connectivity index (χ2n) is 7.39. The second kappa shape index (κ2) is 12.9. The van der Waals surface area contributed by atoms with Crippen molar-refractivity contribution in [1.82, 2.24) is 5.43 Å². The second-order valence-corrected chi connectivity index (χ2v) is 7.82. The summed E-state index contributed by atoms with van der Waals surface area (Å²) in [5, 5.41) is 7.06. The number of anilines is 1. The van der Waals surface area contributed by atoms with Gasteiger partial charge in [-0.05, 0) is 66.2 Å². The summed E-state index contributed by atoms with van der Waals surface area (Å²) in [6.45, 7) is 1.75. The number of methoxy groups -OCH3 is 1. The van der Waals surface area contributed by atoms with E-state index in [9.17, 15) is 14.4 Å². The van der Waals surface area contributed by atoms with Gasteiger partial charge in [0.1, 0.15) is 11.5 Å². The summed E-state index contributed by atoms with van der Waals surface area (Å²) in [6, 6.07) is 18.2. The topological polar surface area (TPSA) is 106 Å². The molecule has 0 atom stereocenters. The van der Waals surface area contributed by atoms with Crippen molar-refractivity contribution in [3.8, 4) is 11.5 Å². The van der Waals surface area contributed by atoms with Crippen molar-refractivity contribution in [2.45, 2.75) is 13.3 Å². The molecule has 2 N–H and O–H groups in total. The van der Waals surface area contributed by atoms with Gasteiger partial charge in [-0.3, -0.25) is 9.59 Å². The lowest BCUT2D eigenvalue weighted by molar-refractivity contribution is -0.128. The molecular weight excluding hydrogens is 482 g/mol. The molecule has 3 rings (SSSR count). The monoisotopic (exact) mass is 505 g/mol. The minimum Gasteiger partial charge on any atom is -0.497 e. The van der Waals surface area contributed by atoms with E-state index in [2.05, 4.69) is 15.8 Å². The van der Waals surface area contributed by atoms with E-state index in [0.717, 1.165) is 5.56 Å². The van der Waals surface area contributed by atoms with Gasteiger partial charge >= 0.3 is 5.97 Å². The van der Waals surface area contributed by atoms with Gasteiger partial charge in [-0.1, -0.05) is 30.7 Å². The summed E-state index contributed by atoms with van der Waals surface area (Å²) in [5.41, 5.74) is 4.55. The van der Waals surface area contributed by atoms with Crippen LogP contribution < -0.4 is 20.2 Å². The lowest BCUT2D eigenvalue weighted by atomic mass is 10.2. The molecule has 36 heavy (non-hydrogen) atoms. The molecule has 184 valence electrons. The zero-order valence-electron chi connectivity index (χ0n) is 19.7. The first-order valence-electron chi connectivity index (χ1n) is 10.9. The first kappa shape index (κ1) is 26.2. The van der Waals surface area contributed by atoms with Crippen molar-refractivity contribution in [2.24, 2.45) is 5.10 Å². The number of nitrogens with zero attached hydrogens (tertiary/aromatic N) is 1. The summed E-state index contributed by atoms with van der Waals surface area (Å²) in [6.07, 6.45) is 4.60. The Morgan fingerprint density at radius 2 is 1.72 bits per heavy atom. The zero-order valence-corrected chi connectivity index (χ0v) is 20.4. The summed E-state index contributed by atoms with van der Waals surface area (Å²) in [5.74, 6) is -0.238. The number of carbonyl (C=O) groups excluding carboxylic acids is 3. The Balaban J connectivity index is 1.62. The molecule has 0 bridgehead atoms. The van der Waals surface area contributed by atoms with Crippen LogP contribution in [0.15, 0.2) is 77.9 Å². The SMILES string of the molecule is CCC(=O)Nc1ccc(C(=O)N/N=C/c2cc(Cl)ccc2OC(=O)/C=C/c2ccc(OC)cc2)cc1. The predicted octanol–water partition coefficient (Wildman–Crippen LogP) is 5.08. The molecular formula is C27H24ClN3O5. The Hall–Kier alpha value is -4.43. The first-order valence-corrected chi connectivity index (χ1v) is 11.3. The Labute approximate surface area is 213 Å². The van der Waals surface area contributed by atoms with Crippen LogP contribution in [0.4, 0.5) is 5.69 Å². The average molecular weight is 506 g/mol. The van der Waals surface area contributed by atoms with Crippen molar-refractivity contribution in [3.63, 3.8) is 0 Å². The number of rotatable bonds is 9. The molecule has 0 aliphatic rings. The van der Waals surface area contributed by atoms with Gasteiger partial charge in [0.2, 0.25) is 5.91 Å². The van der Waals surface area contributed by atoms with Gasteiger partial charge in [-0.25, -0.2) is 10.2 Å². The summed E-state index contributed by atoms with van der Waals surface area (Å²) >= 11 is 6.07. The molecule has 0 aliphatic carbocycles. The van der Waals surface area contributed by atoms with Crippen molar-refractivity contribution in [2.75, 3.05) is 12.4 Å². The maximum Gasteiger partial charge on any atom is 0.336 e. The van der Waals surface area contributed by atoms with Crippen molar-refractivity contribution in [3.05, 3.63) is 94.5 Å². The van der Waals surface area contributed by atoms with E-state index in [1.807, 2.05) is 0 Å². The molecule has 0 radical (unpaired) electrons. The maximum atomic E-state index is 12.4. The van der Waals surface area contributed by atoms with E-state index in [4.69, 9.17) is 21.1 Å². The highest BCUT2D eigenvalue weighted by Gasteiger charge is 2.09. The van der Waals surface area contributed by atoms with Gasteiger partial charge in [0.05, 0.1) is 13.3 Å². The Morgan fingerprint density at radius 3 is 2.39 bits per heavy atom. The van der Waals surface area contributed by atoms with Crippen LogP contribution in [0.3, 0.4) is 0 Å². The van der Waals surface area contributed by atoms with Crippen LogP contribution in [-0.2, 0) is 9.59 Å². The number of ether oxygens (including phenoxy) is 2. The van der Waals surface area contributed by atoms with Gasteiger partial charge in [0.15, 0.2) is 0 Å². The van der Waals surface area contributed by atoms with E-state index in [-0.39, 0.29) is 11.7 Å². The van der Waals surface area contributed by atoms with E-state index in [1.54, 1.807) is 80.8 Å². The molecule has 9 heteroatoms. The fourth-order valence-corrected chi connectivity index (χ4v) is 3.09. The summed E-state index contributed by atoms with van der Waals surface area (Å²) in [7, 11) is 1.58. The van der Waals surface area contributed by atoms with Crippen LogP contribution >= 0.6 is 11.6 Å². The van der Waals surface area contributed by atoms with Gasteiger partial charge in [0, 0.05) is 34.3 Å². The number of carbonyl (C=O) groups is 3. The van der Waals surface area contributed by atoms with Crippen LogP contribution in [0.2, 0.25) is 5.02 Å². The summed E-state index contributed by atoms with van der Waals surface area (Å²) in [4.78, 5) is 36.2. The highest BCUT2D eigenvalue weighted by molar-refractivity contribution is 6.31. The lowest BCUT2D eigenvalue weighted by Crippen LogP contribution is -2.18. The largest absolute Gasteiger partial charge is 0.497 e. The fraction of sp³-hybridized carbons (Fsp3) is 0.111. The van der Waals surface area contributed by atoms with Crippen LogP contribution in [0.5, 0.6) is 11.5 Å². The smallest absolute Gasteiger partial charge is 0.336 e. The third kappa shape index (κ3) is 7.82. The highest BCUT2D eigenvalue weighted by Crippen LogP contribution is 2.22. The van der Waals surface area contributed by atoms with Crippen molar-refractivity contribution < 1.29 is 23.9 Å². The fourth-order valence-electron chi connectivity index (χ4n) is 2.91. The lowest BCUT2D eigenvalue weighted by Gasteiger charge is -2.07. The molecule has 0 saturated heterocycles. The molecule has 0 aromatic heterocycles. The maximum absolute atomic E-state index is 12.4. The van der Waals surface area contributed by atoms with Gasteiger partial charge in [-0.15, -0.1) is 0 Å². The van der Waals surface area contributed by atoms with Crippen LogP contribution in [0.25, 0.3) is 6.08 Å². The number of halogens is 1. The Bertz CT molecular complexity index is 1290. The zero-order chi connectivity index (χ0) is 25.9. The normalized spacial score (nSPS) is 10.9. The van der Waals surface area contributed by atoms with E-state index in [0.29, 0.717) is 34.0 Å². The number of hydrogen-bond donors (Lipinski definition) is 2. The Kier molecular flexibility index (Phi) is 9.36. The van der Waals surface area contributed by atoms with Gasteiger partial charge in [-0.2, -0.15) is 5.10 Å². The third-order valence-electron chi connectivity index (χ3n) is 4.83. The van der Waals surface area contributed by atoms with Gasteiger partial charge < -0.3 is 14.8 Å². The van der Waals surface area contributed by atoms with Crippen molar-refractivity contribution >= 4 is 47.4 Å². The standard InChI is InChI=1S/C27H24ClN3O5/c1-3-25(32)30-22-10-7-19(8-11-22)27(34)31-29-17-20-16-21(28)9-14-24(20)36-26(33)15-6-18-4-12-23(35-2)13-5-18/h4-17H,3H2,1-2H3,(H,30,32)(H,31,34)/b15-6+,29-17+. The molecule has 0 heterocycles. The molecule has 0 aliphatic heterocycles. The van der Waals surface area contributed by atoms with Crippen LogP contribution in [0.1, 0.15) is 34.8 Å². The number of nitrogens with one attached hydrogen (secondary N) is 2. The molecule has 0 fully saturated rings.